The predicted molar refractivity (Wildman–Crippen MR) is 85.7 cm³/mol. The Morgan fingerprint density at radius 1 is 1.20 bits per heavy atom. The van der Waals surface area contributed by atoms with Crippen LogP contribution in [0, 0.1) is 5.92 Å². The van der Waals surface area contributed by atoms with Crippen molar-refractivity contribution in [3.63, 3.8) is 0 Å². The Balaban J connectivity index is 2.00. The number of nitrogens with two attached hydrogens (primary N) is 1. The van der Waals surface area contributed by atoms with Gasteiger partial charge in [-0.2, -0.15) is 0 Å². The van der Waals surface area contributed by atoms with Gasteiger partial charge in [-0.25, -0.2) is 4.79 Å². The average Bonchev–Trinajstić information content (AvgIpc) is 2.66. The van der Waals surface area contributed by atoms with E-state index in [1.807, 2.05) is 4.90 Å². The van der Waals surface area contributed by atoms with Crippen LogP contribution < -0.4 is 11.1 Å². The number of rotatable bonds is 2. The van der Waals surface area contributed by atoms with E-state index in [0.29, 0.717) is 4.99 Å². The second kappa shape index (κ2) is 6.74. The highest BCUT2D eigenvalue weighted by Crippen LogP contribution is 2.28. The van der Waals surface area contributed by atoms with Gasteiger partial charge in [0.2, 0.25) is 0 Å². The molecule has 2 rings (SSSR count). The molecular weight excluding hydrogens is 270 g/mol. The maximum Gasteiger partial charge on any atom is 0.318 e. The van der Waals surface area contributed by atoms with Gasteiger partial charge in [0.05, 0.1) is 10.5 Å². The molecule has 1 saturated carbocycles. The lowest BCUT2D eigenvalue weighted by molar-refractivity contribution is 0.165. The van der Waals surface area contributed by atoms with E-state index < -0.39 is 5.54 Å². The van der Waals surface area contributed by atoms with Crippen LogP contribution in [0.3, 0.4) is 0 Å². The van der Waals surface area contributed by atoms with Crippen LogP contribution in [0.2, 0.25) is 0 Å². The zero-order valence-corrected chi connectivity index (χ0v) is 13.3. The molecule has 0 atom stereocenters. The fourth-order valence-electron chi connectivity index (χ4n) is 3.26. The molecule has 0 spiro atoms. The van der Waals surface area contributed by atoms with Crippen LogP contribution in [0.1, 0.15) is 58.3 Å². The Hall–Kier alpha value is -0.840. The van der Waals surface area contributed by atoms with Gasteiger partial charge in [-0.15, -0.1) is 0 Å². The van der Waals surface area contributed by atoms with Crippen molar-refractivity contribution in [1.82, 2.24) is 10.2 Å². The Morgan fingerprint density at radius 3 is 2.25 bits per heavy atom. The predicted octanol–water partition coefficient (Wildman–Crippen LogP) is 2.81. The first-order valence-corrected chi connectivity index (χ1v) is 8.31. The average molecular weight is 297 g/mol. The molecule has 5 heteroatoms. The number of carbonyl (C=O) groups is 1. The zero-order valence-electron chi connectivity index (χ0n) is 12.5. The largest absolute Gasteiger partial charge is 0.391 e. The zero-order chi connectivity index (χ0) is 14.6. The number of likely N-dealkylation sites (tertiary alicyclic amines) is 1. The van der Waals surface area contributed by atoms with Crippen molar-refractivity contribution in [3.8, 4) is 0 Å². The molecule has 1 heterocycles. The molecule has 0 aromatic rings. The van der Waals surface area contributed by atoms with E-state index in [0.717, 1.165) is 57.5 Å². The maximum absolute atomic E-state index is 12.5. The van der Waals surface area contributed by atoms with Gasteiger partial charge in [0.15, 0.2) is 0 Å². The van der Waals surface area contributed by atoms with Crippen LogP contribution in [0.15, 0.2) is 0 Å². The van der Waals surface area contributed by atoms with Gasteiger partial charge in [-0.3, -0.25) is 0 Å². The van der Waals surface area contributed by atoms with Crippen LogP contribution in [-0.4, -0.2) is 34.5 Å². The van der Waals surface area contributed by atoms with Gasteiger partial charge in [0.25, 0.3) is 0 Å². The molecule has 2 amide bonds. The summed E-state index contributed by atoms with van der Waals surface area (Å²) in [5.74, 6) is 0.724. The SMILES string of the molecule is CC1CCN(C(=O)NC2(C(N)=S)CCCCCC2)CC1. The first kappa shape index (κ1) is 15.5. The molecule has 0 aromatic heterocycles. The van der Waals surface area contributed by atoms with Crippen molar-refractivity contribution in [3.05, 3.63) is 0 Å². The Morgan fingerprint density at radius 2 is 1.75 bits per heavy atom. The standard InChI is InChI=1S/C15H27N3OS/c1-12-6-10-18(11-7-12)14(19)17-15(13(16)20)8-4-2-3-5-9-15/h12H,2-11H2,1H3,(H2,16,20)(H,17,19). The number of urea groups is 1. The minimum Gasteiger partial charge on any atom is -0.391 e. The molecule has 1 saturated heterocycles. The number of carbonyl (C=O) groups excluding carboxylic acids is 1. The molecule has 0 unspecified atom stereocenters. The van der Waals surface area contributed by atoms with Crippen LogP contribution in [0.5, 0.6) is 0 Å². The number of hydrogen-bond donors (Lipinski definition) is 2. The molecule has 2 aliphatic rings. The number of nitrogens with zero attached hydrogens (tertiary/aromatic N) is 1. The van der Waals surface area contributed by atoms with Gasteiger partial charge in [0.1, 0.15) is 0 Å². The fraction of sp³-hybridized carbons (Fsp3) is 0.867. The van der Waals surface area contributed by atoms with E-state index in [-0.39, 0.29) is 6.03 Å². The van der Waals surface area contributed by atoms with Crippen molar-refractivity contribution < 1.29 is 4.79 Å². The molecule has 20 heavy (non-hydrogen) atoms. The van der Waals surface area contributed by atoms with Crippen LogP contribution in [0.25, 0.3) is 0 Å². The summed E-state index contributed by atoms with van der Waals surface area (Å²) in [6, 6.07) is 0.0200. The van der Waals surface area contributed by atoms with Gasteiger partial charge in [-0.1, -0.05) is 44.8 Å². The van der Waals surface area contributed by atoms with E-state index in [1.165, 1.54) is 12.8 Å². The summed E-state index contributed by atoms with van der Waals surface area (Å²) < 4.78 is 0. The topological polar surface area (TPSA) is 58.4 Å². The summed E-state index contributed by atoms with van der Waals surface area (Å²) in [5.41, 5.74) is 5.52. The summed E-state index contributed by atoms with van der Waals surface area (Å²) >= 11 is 5.27. The van der Waals surface area contributed by atoms with Crippen molar-refractivity contribution in [2.75, 3.05) is 13.1 Å². The molecule has 0 radical (unpaired) electrons. The normalized spacial score (nSPS) is 23.9. The Bertz CT molecular complexity index is 356. The maximum atomic E-state index is 12.5. The Kier molecular flexibility index (Phi) is 5.24. The minimum absolute atomic E-state index is 0.0200. The van der Waals surface area contributed by atoms with Crippen molar-refractivity contribution in [2.45, 2.75) is 63.8 Å². The summed E-state index contributed by atoms with van der Waals surface area (Å²) in [4.78, 5) is 14.9. The van der Waals surface area contributed by atoms with E-state index in [4.69, 9.17) is 18.0 Å². The van der Waals surface area contributed by atoms with Crippen molar-refractivity contribution in [1.29, 1.82) is 0 Å². The molecule has 1 aliphatic carbocycles. The quantitative estimate of drug-likeness (QED) is 0.608. The highest BCUT2D eigenvalue weighted by molar-refractivity contribution is 7.80. The lowest BCUT2D eigenvalue weighted by atomic mass is 9.90. The monoisotopic (exact) mass is 297 g/mol. The van der Waals surface area contributed by atoms with Crippen LogP contribution >= 0.6 is 12.2 Å². The van der Waals surface area contributed by atoms with Crippen molar-refractivity contribution in [2.24, 2.45) is 11.7 Å². The molecule has 2 fully saturated rings. The van der Waals surface area contributed by atoms with Crippen LogP contribution in [0.4, 0.5) is 4.79 Å². The molecule has 4 nitrogen and oxygen atoms in total. The first-order chi connectivity index (χ1) is 9.53. The lowest BCUT2D eigenvalue weighted by Crippen LogP contribution is -2.60. The third-order valence-electron chi connectivity index (χ3n) is 4.85. The molecule has 114 valence electrons. The van der Waals surface area contributed by atoms with Crippen molar-refractivity contribution >= 4 is 23.2 Å². The number of thiocarbonyl (C=S) groups is 1. The van der Waals surface area contributed by atoms with E-state index in [2.05, 4.69) is 12.2 Å². The minimum atomic E-state index is -0.452. The third-order valence-corrected chi connectivity index (χ3v) is 5.24. The molecular formula is C15H27N3OS. The summed E-state index contributed by atoms with van der Waals surface area (Å²) in [5, 5.41) is 3.18. The second-order valence-corrected chi connectivity index (χ2v) is 6.90. The first-order valence-electron chi connectivity index (χ1n) is 7.90. The molecule has 3 N–H and O–H groups in total. The summed E-state index contributed by atoms with van der Waals surface area (Å²) in [6.45, 7) is 3.94. The second-order valence-electron chi connectivity index (χ2n) is 6.46. The smallest absolute Gasteiger partial charge is 0.318 e. The molecule has 1 aliphatic heterocycles. The number of amides is 2. The highest BCUT2D eigenvalue weighted by Gasteiger charge is 2.37. The highest BCUT2D eigenvalue weighted by atomic mass is 32.1. The fourth-order valence-corrected chi connectivity index (χ4v) is 3.52. The lowest BCUT2D eigenvalue weighted by Gasteiger charge is -2.37. The summed E-state index contributed by atoms with van der Waals surface area (Å²) in [7, 11) is 0. The van der Waals surface area contributed by atoms with Crippen LogP contribution in [-0.2, 0) is 0 Å². The Labute approximate surface area is 127 Å². The number of hydrogen-bond acceptors (Lipinski definition) is 2. The molecule has 0 bridgehead atoms. The van der Waals surface area contributed by atoms with E-state index >= 15 is 0 Å². The molecule has 0 aromatic carbocycles. The van der Waals surface area contributed by atoms with Gasteiger partial charge in [0, 0.05) is 13.1 Å². The van der Waals surface area contributed by atoms with E-state index in [9.17, 15) is 4.79 Å². The van der Waals surface area contributed by atoms with Gasteiger partial charge in [-0.05, 0) is 31.6 Å². The van der Waals surface area contributed by atoms with Gasteiger partial charge >= 0.3 is 6.03 Å². The van der Waals surface area contributed by atoms with Gasteiger partial charge < -0.3 is 16.0 Å². The number of piperidine rings is 1. The van der Waals surface area contributed by atoms with E-state index in [1.54, 1.807) is 0 Å². The third kappa shape index (κ3) is 3.62. The number of nitrogens with one attached hydrogen (secondary N) is 1. The summed E-state index contributed by atoms with van der Waals surface area (Å²) in [6.07, 6.45) is 8.56.